The van der Waals surface area contributed by atoms with Crippen molar-refractivity contribution in [3.8, 4) is 22.3 Å². The summed E-state index contributed by atoms with van der Waals surface area (Å²) in [5.74, 6) is 0. The molecule has 11 rings (SSSR count). The third kappa shape index (κ3) is 4.68. The third-order valence-electron chi connectivity index (χ3n) is 12.3. The lowest BCUT2D eigenvalue weighted by molar-refractivity contribution is 0.660. The molecule has 0 saturated heterocycles. The Kier molecular flexibility index (Phi) is 6.91. The molecule has 55 heavy (non-hydrogen) atoms. The third-order valence-corrected chi connectivity index (χ3v) is 12.3. The maximum atomic E-state index is 2.46. The van der Waals surface area contributed by atoms with E-state index in [-0.39, 0.29) is 5.41 Å². The van der Waals surface area contributed by atoms with Crippen LogP contribution in [-0.2, 0) is 12.0 Å². The van der Waals surface area contributed by atoms with Gasteiger partial charge in [-0.15, -0.1) is 0 Å². The van der Waals surface area contributed by atoms with Crippen LogP contribution in [0.1, 0.15) is 31.9 Å². The molecule has 0 radical (unpaired) electrons. The molecule has 2 heteroatoms. The number of rotatable bonds is 5. The summed E-state index contributed by atoms with van der Waals surface area (Å²) in [5.41, 5.74) is 13.8. The van der Waals surface area contributed by atoms with Crippen molar-refractivity contribution in [3.63, 3.8) is 0 Å². The van der Waals surface area contributed by atoms with Crippen LogP contribution >= 0.6 is 0 Å². The van der Waals surface area contributed by atoms with Gasteiger partial charge in [-0.05, 0) is 127 Å². The van der Waals surface area contributed by atoms with Gasteiger partial charge in [-0.3, -0.25) is 0 Å². The van der Waals surface area contributed by atoms with Crippen LogP contribution in [-0.4, -0.2) is 4.57 Å². The molecule has 262 valence electrons. The average molecular weight is 705 g/mol. The number of aryl methyl sites for hydroxylation is 1. The van der Waals surface area contributed by atoms with E-state index >= 15 is 0 Å². The second kappa shape index (κ2) is 11.9. The van der Waals surface area contributed by atoms with Gasteiger partial charge in [0.2, 0.25) is 0 Å². The van der Waals surface area contributed by atoms with Crippen molar-refractivity contribution in [3.05, 3.63) is 187 Å². The first-order valence-electron chi connectivity index (χ1n) is 19.5. The standard InChI is InChI=1S/C53H40N2/c1-4-54-51-21-13-11-19-44(51)48-32-46-41-28-26-37(30-45(41)39-16-8-9-17-40(39)47(46)33-52(48)54)55(36-24-22-35(23-25-36)34-14-6-5-7-15-34)38-27-29-43-42-18-10-12-20-49(42)53(2,3)50(43)31-38/h5-33H,4H2,1-3H3. The van der Waals surface area contributed by atoms with Crippen molar-refractivity contribution in [2.24, 2.45) is 0 Å². The minimum Gasteiger partial charge on any atom is -0.341 e. The van der Waals surface area contributed by atoms with E-state index < -0.39 is 0 Å². The first-order chi connectivity index (χ1) is 27.0. The second-order valence-corrected chi connectivity index (χ2v) is 15.6. The van der Waals surface area contributed by atoms with Gasteiger partial charge in [-0.2, -0.15) is 0 Å². The Labute approximate surface area is 321 Å². The summed E-state index contributed by atoms with van der Waals surface area (Å²) in [5, 5.41) is 10.3. The fraction of sp³-hybridized carbons (Fsp3) is 0.0943. The molecule has 0 saturated carbocycles. The largest absolute Gasteiger partial charge is 0.341 e. The van der Waals surface area contributed by atoms with Crippen LogP contribution in [0, 0.1) is 0 Å². The number of aromatic nitrogens is 1. The summed E-state index contributed by atoms with van der Waals surface area (Å²) in [6, 6.07) is 65.5. The van der Waals surface area contributed by atoms with E-state index in [1.807, 2.05) is 0 Å². The molecule has 0 atom stereocenters. The summed E-state index contributed by atoms with van der Waals surface area (Å²) in [6.45, 7) is 7.90. The zero-order valence-corrected chi connectivity index (χ0v) is 31.3. The van der Waals surface area contributed by atoms with Gasteiger partial charge >= 0.3 is 0 Å². The summed E-state index contributed by atoms with van der Waals surface area (Å²) in [6.07, 6.45) is 0. The van der Waals surface area contributed by atoms with Crippen LogP contribution in [0.15, 0.2) is 176 Å². The van der Waals surface area contributed by atoms with Crippen LogP contribution in [0.25, 0.3) is 76.4 Å². The molecule has 0 aliphatic heterocycles. The minimum absolute atomic E-state index is 0.102. The summed E-state index contributed by atoms with van der Waals surface area (Å²) in [7, 11) is 0. The number of para-hydroxylation sites is 1. The van der Waals surface area contributed by atoms with Crippen molar-refractivity contribution < 1.29 is 0 Å². The van der Waals surface area contributed by atoms with E-state index in [2.05, 4.69) is 206 Å². The lowest BCUT2D eigenvalue weighted by Crippen LogP contribution is -2.16. The molecule has 10 aromatic rings. The van der Waals surface area contributed by atoms with E-state index in [0.717, 1.165) is 23.6 Å². The molecule has 2 nitrogen and oxygen atoms in total. The van der Waals surface area contributed by atoms with Crippen LogP contribution < -0.4 is 4.90 Å². The first kappa shape index (κ1) is 31.8. The summed E-state index contributed by atoms with van der Waals surface area (Å²) in [4.78, 5) is 2.45. The highest BCUT2D eigenvalue weighted by molar-refractivity contribution is 6.29. The molecule has 0 bridgehead atoms. The first-order valence-corrected chi connectivity index (χ1v) is 19.5. The van der Waals surface area contributed by atoms with Crippen LogP contribution in [0.5, 0.6) is 0 Å². The van der Waals surface area contributed by atoms with Gasteiger partial charge in [0, 0.05) is 50.8 Å². The number of benzene rings is 9. The highest BCUT2D eigenvalue weighted by Crippen LogP contribution is 2.51. The van der Waals surface area contributed by atoms with Gasteiger partial charge < -0.3 is 9.47 Å². The maximum absolute atomic E-state index is 2.46. The summed E-state index contributed by atoms with van der Waals surface area (Å²) < 4.78 is 2.46. The SMILES string of the molecule is CCn1c2ccccc2c2cc3c4ccc(N(c5ccc(-c6ccccc6)cc5)c5ccc6c(c5)C(C)(C)c5ccccc5-6)cc4c4ccccc4c3cc21. The van der Waals surface area contributed by atoms with Crippen molar-refractivity contribution >= 4 is 71.2 Å². The molecule has 1 aliphatic rings. The molecule has 0 amide bonds. The molecule has 0 fully saturated rings. The monoisotopic (exact) mass is 704 g/mol. The van der Waals surface area contributed by atoms with Crippen molar-refractivity contribution in [1.29, 1.82) is 0 Å². The topological polar surface area (TPSA) is 8.17 Å². The number of anilines is 3. The van der Waals surface area contributed by atoms with E-state index in [1.54, 1.807) is 0 Å². The Bertz CT molecular complexity index is 3150. The second-order valence-electron chi connectivity index (χ2n) is 15.6. The molecular formula is C53H40N2. The van der Waals surface area contributed by atoms with Gasteiger partial charge in [0.25, 0.3) is 0 Å². The average Bonchev–Trinajstić information content (AvgIpc) is 3.68. The van der Waals surface area contributed by atoms with E-state index in [4.69, 9.17) is 0 Å². The van der Waals surface area contributed by atoms with Gasteiger partial charge in [-0.25, -0.2) is 0 Å². The fourth-order valence-corrected chi connectivity index (χ4v) is 9.67. The minimum atomic E-state index is -0.102. The van der Waals surface area contributed by atoms with E-state index in [9.17, 15) is 0 Å². The van der Waals surface area contributed by atoms with Crippen LogP contribution in [0.2, 0.25) is 0 Å². The highest BCUT2D eigenvalue weighted by atomic mass is 15.1. The number of hydrogen-bond acceptors (Lipinski definition) is 1. The number of hydrogen-bond donors (Lipinski definition) is 0. The molecule has 0 N–H and O–H groups in total. The Hall–Kier alpha value is -6.64. The molecular weight excluding hydrogens is 665 g/mol. The lowest BCUT2D eigenvalue weighted by atomic mass is 9.82. The number of fused-ring (bicyclic) bond motifs is 12. The quantitative estimate of drug-likeness (QED) is 0.162. The molecule has 0 spiro atoms. The summed E-state index contributed by atoms with van der Waals surface area (Å²) >= 11 is 0. The van der Waals surface area contributed by atoms with Crippen molar-refractivity contribution in [1.82, 2.24) is 4.57 Å². The fourth-order valence-electron chi connectivity index (χ4n) is 9.67. The van der Waals surface area contributed by atoms with E-state index in [1.165, 1.54) is 87.5 Å². The smallest absolute Gasteiger partial charge is 0.0497 e. The zero-order valence-electron chi connectivity index (χ0n) is 31.3. The predicted octanol–water partition coefficient (Wildman–Crippen LogP) is 14.7. The number of nitrogens with zero attached hydrogens (tertiary/aromatic N) is 2. The molecule has 1 aromatic heterocycles. The van der Waals surface area contributed by atoms with Crippen molar-refractivity contribution in [2.45, 2.75) is 32.7 Å². The van der Waals surface area contributed by atoms with Gasteiger partial charge in [0.05, 0.1) is 0 Å². The van der Waals surface area contributed by atoms with E-state index in [0.29, 0.717) is 0 Å². The van der Waals surface area contributed by atoms with Gasteiger partial charge in [-0.1, -0.05) is 135 Å². The van der Waals surface area contributed by atoms with Gasteiger partial charge in [0.1, 0.15) is 0 Å². The molecule has 1 aliphatic carbocycles. The molecule has 1 heterocycles. The molecule has 9 aromatic carbocycles. The van der Waals surface area contributed by atoms with Crippen LogP contribution in [0.3, 0.4) is 0 Å². The normalized spacial score (nSPS) is 13.2. The van der Waals surface area contributed by atoms with Gasteiger partial charge in [0.15, 0.2) is 0 Å². The Balaban J connectivity index is 1.15. The van der Waals surface area contributed by atoms with Crippen molar-refractivity contribution in [2.75, 3.05) is 4.90 Å². The Morgan fingerprint density at radius 2 is 0.964 bits per heavy atom. The predicted molar refractivity (Wildman–Crippen MR) is 235 cm³/mol. The molecule has 0 unspecified atom stereocenters. The zero-order chi connectivity index (χ0) is 36.8. The van der Waals surface area contributed by atoms with Crippen LogP contribution in [0.4, 0.5) is 17.1 Å². The Morgan fingerprint density at radius 3 is 1.75 bits per heavy atom. The lowest BCUT2D eigenvalue weighted by Gasteiger charge is -2.28. The maximum Gasteiger partial charge on any atom is 0.0497 e. The Morgan fingerprint density at radius 1 is 0.400 bits per heavy atom. The highest BCUT2D eigenvalue weighted by Gasteiger charge is 2.35.